The van der Waals surface area contributed by atoms with Crippen LogP contribution in [0.1, 0.15) is 40.4 Å². The standard InChI is InChI=1S/C19H18O2S/c1-2-13-8-12(11-20)9-15-5-3-4-14-10-17(21)18(22)7-6-16(14)19(13)15/h6-11H,2-5H2,1H3,(H,21,22). The third-order valence-electron chi connectivity index (χ3n) is 4.31. The van der Waals surface area contributed by atoms with Crippen LogP contribution in [-0.2, 0) is 19.3 Å². The molecule has 2 aromatic carbocycles. The van der Waals surface area contributed by atoms with Crippen LogP contribution in [-0.4, -0.2) is 6.29 Å². The van der Waals surface area contributed by atoms with E-state index in [0.29, 0.717) is 4.90 Å². The van der Waals surface area contributed by atoms with Gasteiger partial charge in [-0.3, -0.25) is 9.59 Å². The Morgan fingerprint density at radius 1 is 1.14 bits per heavy atom. The maximum atomic E-state index is 12.0. The Balaban J connectivity index is 2.37. The maximum Gasteiger partial charge on any atom is 0.192 e. The fourth-order valence-corrected chi connectivity index (χ4v) is 3.41. The van der Waals surface area contributed by atoms with Crippen LogP contribution in [0.5, 0.6) is 0 Å². The van der Waals surface area contributed by atoms with Crippen LogP contribution in [0.15, 0.2) is 40.0 Å². The molecule has 0 atom stereocenters. The Hall–Kier alpha value is -1.87. The molecule has 0 N–H and O–H groups in total. The second kappa shape index (κ2) is 6.09. The summed E-state index contributed by atoms with van der Waals surface area (Å²) in [7, 11) is 0. The third-order valence-corrected chi connectivity index (χ3v) is 4.68. The zero-order valence-electron chi connectivity index (χ0n) is 12.6. The molecule has 2 aromatic rings. The molecule has 0 saturated carbocycles. The summed E-state index contributed by atoms with van der Waals surface area (Å²) in [4.78, 5) is 23.7. The molecule has 0 aromatic heterocycles. The van der Waals surface area contributed by atoms with Crippen molar-refractivity contribution < 1.29 is 4.79 Å². The normalized spacial score (nSPS) is 13.0. The lowest BCUT2D eigenvalue weighted by Gasteiger charge is -2.14. The van der Waals surface area contributed by atoms with E-state index in [2.05, 4.69) is 19.6 Å². The van der Waals surface area contributed by atoms with E-state index in [-0.39, 0.29) is 5.43 Å². The van der Waals surface area contributed by atoms with E-state index in [1.165, 1.54) is 16.7 Å². The molecule has 0 amide bonds. The number of hydrogen-bond acceptors (Lipinski definition) is 3. The van der Waals surface area contributed by atoms with Crippen LogP contribution in [0.4, 0.5) is 0 Å². The number of aldehydes is 1. The topological polar surface area (TPSA) is 34.1 Å². The van der Waals surface area contributed by atoms with Crippen molar-refractivity contribution in [2.45, 2.75) is 37.5 Å². The van der Waals surface area contributed by atoms with Gasteiger partial charge in [-0.15, -0.1) is 12.6 Å². The van der Waals surface area contributed by atoms with Gasteiger partial charge in [0.1, 0.15) is 6.29 Å². The molecule has 0 spiro atoms. The number of hydrogen-bond donors (Lipinski definition) is 1. The van der Waals surface area contributed by atoms with Gasteiger partial charge in [-0.05, 0) is 77.8 Å². The summed E-state index contributed by atoms with van der Waals surface area (Å²) in [6.45, 7) is 2.10. The minimum Gasteiger partial charge on any atom is -0.298 e. The van der Waals surface area contributed by atoms with E-state index in [4.69, 9.17) is 0 Å². The first-order chi connectivity index (χ1) is 10.6. The molecule has 3 heteroatoms. The van der Waals surface area contributed by atoms with Crippen molar-refractivity contribution in [1.29, 1.82) is 0 Å². The molecular formula is C19H18O2S. The number of carbonyl (C=O) groups excluding carboxylic acids is 1. The largest absolute Gasteiger partial charge is 0.298 e. The van der Waals surface area contributed by atoms with Crippen LogP contribution in [0, 0.1) is 0 Å². The predicted octanol–water partition coefficient (Wildman–Crippen LogP) is 3.87. The molecule has 112 valence electrons. The van der Waals surface area contributed by atoms with Crippen LogP contribution in [0.25, 0.3) is 11.1 Å². The van der Waals surface area contributed by atoms with Gasteiger partial charge in [0.2, 0.25) is 0 Å². The molecule has 2 nitrogen and oxygen atoms in total. The summed E-state index contributed by atoms with van der Waals surface area (Å²) in [5.74, 6) is 0. The highest BCUT2D eigenvalue weighted by Crippen LogP contribution is 2.35. The zero-order chi connectivity index (χ0) is 15.7. The Kier molecular flexibility index (Phi) is 4.16. The average molecular weight is 310 g/mol. The van der Waals surface area contributed by atoms with Gasteiger partial charge in [-0.1, -0.05) is 13.0 Å². The van der Waals surface area contributed by atoms with E-state index in [0.717, 1.165) is 48.7 Å². The third kappa shape index (κ3) is 2.61. The summed E-state index contributed by atoms with van der Waals surface area (Å²) in [5.41, 5.74) is 6.47. The number of carbonyl (C=O) groups is 1. The van der Waals surface area contributed by atoms with Gasteiger partial charge < -0.3 is 0 Å². The van der Waals surface area contributed by atoms with Crippen molar-refractivity contribution in [3.05, 3.63) is 62.8 Å². The fourth-order valence-electron chi connectivity index (χ4n) is 3.27. The monoisotopic (exact) mass is 310 g/mol. The molecule has 0 aliphatic heterocycles. The number of aryl methyl sites for hydroxylation is 3. The molecular weight excluding hydrogens is 292 g/mol. The first kappa shape index (κ1) is 15.0. The van der Waals surface area contributed by atoms with Gasteiger partial charge in [0.15, 0.2) is 5.43 Å². The van der Waals surface area contributed by atoms with Gasteiger partial charge in [0.25, 0.3) is 0 Å². The van der Waals surface area contributed by atoms with Crippen molar-refractivity contribution >= 4 is 18.9 Å². The van der Waals surface area contributed by atoms with Crippen LogP contribution < -0.4 is 5.43 Å². The highest BCUT2D eigenvalue weighted by molar-refractivity contribution is 7.80. The summed E-state index contributed by atoms with van der Waals surface area (Å²) in [5, 5.41) is 0. The molecule has 0 saturated heterocycles. The van der Waals surface area contributed by atoms with Gasteiger partial charge in [0.05, 0.1) is 4.90 Å². The Labute approximate surface area is 135 Å². The van der Waals surface area contributed by atoms with Gasteiger partial charge in [-0.25, -0.2) is 0 Å². The van der Waals surface area contributed by atoms with Crippen LogP contribution >= 0.6 is 12.6 Å². The van der Waals surface area contributed by atoms with Crippen molar-refractivity contribution in [2.75, 3.05) is 0 Å². The number of thiol groups is 1. The number of rotatable bonds is 2. The first-order valence-electron chi connectivity index (χ1n) is 7.61. The lowest BCUT2D eigenvalue weighted by atomic mass is 9.90. The average Bonchev–Trinajstić information content (AvgIpc) is 2.78. The van der Waals surface area contributed by atoms with Crippen LogP contribution in [0.2, 0.25) is 0 Å². The van der Waals surface area contributed by atoms with Gasteiger partial charge >= 0.3 is 0 Å². The quantitative estimate of drug-likeness (QED) is 0.675. The summed E-state index contributed by atoms with van der Waals surface area (Å²) in [6, 6.07) is 9.46. The second-order valence-electron chi connectivity index (χ2n) is 5.71. The summed E-state index contributed by atoms with van der Waals surface area (Å²) in [6.07, 6.45) is 4.57. The van der Waals surface area contributed by atoms with Crippen LogP contribution in [0.3, 0.4) is 0 Å². The SMILES string of the molecule is CCc1cc(C=O)cc2c1-c1ccc(S)c(=O)cc1CCC2. The lowest BCUT2D eigenvalue weighted by molar-refractivity contribution is 0.112. The van der Waals surface area contributed by atoms with E-state index >= 15 is 0 Å². The fraction of sp³-hybridized carbons (Fsp3) is 0.263. The maximum absolute atomic E-state index is 12.0. The van der Waals surface area contributed by atoms with Gasteiger partial charge in [0, 0.05) is 5.56 Å². The van der Waals surface area contributed by atoms with Crippen molar-refractivity contribution in [1.82, 2.24) is 0 Å². The second-order valence-corrected chi connectivity index (χ2v) is 6.19. The Morgan fingerprint density at radius 3 is 2.64 bits per heavy atom. The molecule has 0 unspecified atom stereocenters. The highest BCUT2D eigenvalue weighted by atomic mass is 32.1. The summed E-state index contributed by atoms with van der Waals surface area (Å²) < 4.78 is 0. The molecule has 1 aliphatic carbocycles. The lowest BCUT2D eigenvalue weighted by Crippen LogP contribution is -1.98. The number of benzene rings is 1. The minimum atomic E-state index is -0.0319. The van der Waals surface area contributed by atoms with E-state index in [9.17, 15) is 9.59 Å². The molecule has 0 heterocycles. The molecule has 22 heavy (non-hydrogen) atoms. The van der Waals surface area contributed by atoms with E-state index in [1.54, 1.807) is 12.1 Å². The minimum absolute atomic E-state index is 0.0319. The highest BCUT2D eigenvalue weighted by Gasteiger charge is 2.18. The van der Waals surface area contributed by atoms with E-state index in [1.807, 2.05) is 18.2 Å². The van der Waals surface area contributed by atoms with E-state index < -0.39 is 0 Å². The Morgan fingerprint density at radius 2 is 1.91 bits per heavy atom. The van der Waals surface area contributed by atoms with Gasteiger partial charge in [-0.2, -0.15) is 0 Å². The van der Waals surface area contributed by atoms with Crippen molar-refractivity contribution in [3.63, 3.8) is 0 Å². The molecule has 0 radical (unpaired) electrons. The summed E-state index contributed by atoms with van der Waals surface area (Å²) >= 11 is 4.26. The molecule has 1 aliphatic rings. The van der Waals surface area contributed by atoms with Crippen molar-refractivity contribution in [2.24, 2.45) is 0 Å². The molecule has 0 bridgehead atoms. The van der Waals surface area contributed by atoms with Crippen molar-refractivity contribution in [3.8, 4) is 11.1 Å². The smallest absolute Gasteiger partial charge is 0.192 e. The predicted molar refractivity (Wildman–Crippen MR) is 92.2 cm³/mol. The zero-order valence-corrected chi connectivity index (χ0v) is 13.5. The Bertz CT molecular complexity index is 809. The molecule has 3 rings (SSSR count). The number of fused-ring (bicyclic) bond motifs is 3. The molecule has 0 fully saturated rings. The first-order valence-corrected chi connectivity index (χ1v) is 8.06.